The minimum atomic E-state index is -3.03. The molecule has 2 fully saturated rings. The van der Waals surface area contributed by atoms with Gasteiger partial charge in [-0.05, 0) is 51.0 Å². The molecule has 0 unspecified atom stereocenters. The molecule has 2 aliphatic carbocycles. The highest BCUT2D eigenvalue weighted by Crippen LogP contribution is 2.26. The lowest BCUT2D eigenvalue weighted by molar-refractivity contribution is 0.270. The third-order valence-corrected chi connectivity index (χ3v) is 5.09. The van der Waals surface area contributed by atoms with E-state index in [2.05, 4.69) is 17.0 Å². The summed E-state index contributed by atoms with van der Waals surface area (Å²) in [5, 5.41) is 3.40. The first kappa shape index (κ1) is 13.3. The third-order valence-electron chi connectivity index (χ3n) is 3.57. The lowest BCUT2D eigenvalue weighted by atomic mass is 9.83. The van der Waals surface area contributed by atoms with Crippen molar-refractivity contribution in [3.8, 4) is 0 Å². The Labute approximate surface area is 105 Å². The van der Waals surface area contributed by atoms with Crippen LogP contribution in [0.15, 0.2) is 0 Å². The Morgan fingerprint density at radius 1 is 1.12 bits per heavy atom. The van der Waals surface area contributed by atoms with Gasteiger partial charge in [-0.2, -0.15) is 0 Å². The Kier molecular flexibility index (Phi) is 4.44. The molecule has 0 heterocycles. The van der Waals surface area contributed by atoms with Crippen molar-refractivity contribution in [1.82, 2.24) is 10.0 Å². The molecule has 0 bridgehead atoms. The molecule has 2 rings (SSSR count). The smallest absolute Gasteiger partial charge is 0.211 e. The maximum absolute atomic E-state index is 11.7. The van der Waals surface area contributed by atoms with Crippen molar-refractivity contribution in [3.63, 3.8) is 0 Å². The minimum absolute atomic E-state index is 0.208. The molecule has 0 aromatic carbocycles. The summed E-state index contributed by atoms with van der Waals surface area (Å²) in [4.78, 5) is 0. The number of nitrogens with one attached hydrogen (secondary N) is 2. The van der Waals surface area contributed by atoms with Crippen LogP contribution in [-0.2, 0) is 10.0 Å². The predicted molar refractivity (Wildman–Crippen MR) is 69.4 cm³/mol. The van der Waals surface area contributed by atoms with E-state index < -0.39 is 10.0 Å². The standard InChI is InChI=1S/C12H24N2O2S/c1-10-8-12(9-10)14-17(15,16)7-3-2-6-13-11-4-5-11/h10-14H,2-9H2,1H3. The van der Waals surface area contributed by atoms with Crippen LogP contribution in [0.4, 0.5) is 0 Å². The maximum Gasteiger partial charge on any atom is 0.211 e. The Balaban J connectivity index is 1.53. The normalized spacial score (nSPS) is 29.0. The molecule has 4 nitrogen and oxygen atoms in total. The number of hydrogen-bond acceptors (Lipinski definition) is 3. The first-order chi connectivity index (χ1) is 8.05. The molecule has 0 spiro atoms. The van der Waals surface area contributed by atoms with E-state index in [4.69, 9.17) is 0 Å². The average molecular weight is 260 g/mol. The summed E-state index contributed by atoms with van der Waals surface area (Å²) in [6.07, 6.45) is 6.31. The molecular weight excluding hydrogens is 236 g/mol. The van der Waals surface area contributed by atoms with Crippen molar-refractivity contribution in [1.29, 1.82) is 0 Å². The van der Waals surface area contributed by atoms with Crippen LogP contribution in [0.1, 0.15) is 45.4 Å². The minimum Gasteiger partial charge on any atom is -0.314 e. The Hall–Kier alpha value is -0.130. The molecule has 17 heavy (non-hydrogen) atoms. The van der Waals surface area contributed by atoms with E-state index in [1.165, 1.54) is 12.8 Å². The summed E-state index contributed by atoms with van der Waals surface area (Å²) in [5.74, 6) is 0.968. The number of hydrogen-bond donors (Lipinski definition) is 2. The zero-order valence-electron chi connectivity index (χ0n) is 10.6. The second-order valence-electron chi connectivity index (χ2n) is 5.65. The van der Waals surface area contributed by atoms with Gasteiger partial charge in [0.1, 0.15) is 0 Å². The van der Waals surface area contributed by atoms with Gasteiger partial charge in [0.15, 0.2) is 0 Å². The van der Waals surface area contributed by atoms with Crippen molar-refractivity contribution in [3.05, 3.63) is 0 Å². The van der Waals surface area contributed by atoms with Crippen molar-refractivity contribution < 1.29 is 8.42 Å². The maximum atomic E-state index is 11.7. The number of rotatable bonds is 8. The molecule has 0 amide bonds. The highest BCUT2D eigenvalue weighted by molar-refractivity contribution is 7.89. The topological polar surface area (TPSA) is 58.2 Å². The summed E-state index contributed by atoms with van der Waals surface area (Å²) in [5.41, 5.74) is 0. The van der Waals surface area contributed by atoms with Gasteiger partial charge in [-0.15, -0.1) is 0 Å². The second-order valence-corrected chi connectivity index (χ2v) is 7.52. The molecule has 2 aliphatic rings. The highest BCUT2D eigenvalue weighted by Gasteiger charge is 2.28. The zero-order valence-corrected chi connectivity index (χ0v) is 11.4. The second kappa shape index (κ2) is 5.67. The zero-order chi connectivity index (χ0) is 12.3. The largest absolute Gasteiger partial charge is 0.314 e. The van der Waals surface area contributed by atoms with E-state index in [1.54, 1.807) is 0 Å². The fraction of sp³-hybridized carbons (Fsp3) is 1.00. The Bertz CT molecular complexity index is 332. The van der Waals surface area contributed by atoms with E-state index >= 15 is 0 Å². The summed E-state index contributed by atoms with van der Waals surface area (Å²) in [7, 11) is -3.03. The fourth-order valence-corrected chi connectivity index (χ4v) is 3.72. The van der Waals surface area contributed by atoms with Crippen LogP contribution in [0.25, 0.3) is 0 Å². The molecule has 0 atom stereocenters. The van der Waals surface area contributed by atoms with Gasteiger partial charge >= 0.3 is 0 Å². The van der Waals surface area contributed by atoms with Gasteiger partial charge in [0.2, 0.25) is 10.0 Å². The van der Waals surface area contributed by atoms with Gasteiger partial charge in [0.25, 0.3) is 0 Å². The van der Waals surface area contributed by atoms with Crippen LogP contribution in [0, 0.1) is 5.92 Å². The SMILES string of the molecule is CC1CC(NS(=O)(=O)CCCCNC2CC2)C1. The Morgan fingerprint density at radius 2 is 1.82 bits per heavy atom. The molecular formula is C12H24N2O2S. The fourth-order valence-electron chi connectivity index (χ4n) is 2.32. The first-order valence-corrected chi connectivity index (χ1v) is 8.44. The number of unbranched alkanes of at least 4 members (excludes halogenated alkanes) is 1. The molecule has 0 aromatic rings. The van der Waals surface area contributed by atoms with Crippen molar-refractivity contribution in [2.75, 3.05) is 12.3 Å². The van der Waals surface area contributed by atoms with Crippen LogP contribution < -0.4 is 10.0 Å². The quantitative estimate of drug-likeness (QED) is 0.646. The highest BCUT2D eigenvalue weighted by atomic mass is 32.2. The van der Waals surface area contributed by atoms with Gasteiger partial charge in [0, 0.05) is 12.1 Å². The van der Waals surface area contributed by atoms with E-state index in [-0.39, 0.29) is 11.8 Å². The molecule has 0 saturated heterocycles. The van der Waals surface area contributed by atoms with Crippen LogP contribution in [-0.4, -0.2) is 32.8 Å². The van der Waals surface area contributed by atoms with Crippen LogP contribution >= 0.6 is 0 Å². The van der Waals surface area contributed by atoms with Crippen LogP contribution in [0.2, 0.25) is 0 Å². The van der Waals surface area contributed by atoms with Gasteiger partial charge in [0.05, 0.1) is 5.75 Å². The van der Waals surface area contributed by atoms with E-state index in [9.17, 15) is 8.42 Å². The average Bonchev–Trinajstić information content (AvgIpc) is 2.98. The summed E-state index contributed by atoms with van der Waals surface area (Å²) >= 11 is 0. The number of sulfonamides is 1. The third kappa shape index (κ3) is 4.94. The van der Waals surface area contributed by atoms with Crippen LogP contribution in [0.5, 0.6) is 0 Å². The summed E-state index contributed by atoms with van der Waals surface area (Å²) < 4.78 is 26.2. The van der Waals surface area contributed by atoms with Gasteiger partial charge < -0.3 is 5.32 Å². The van der Waals surface area contributed by atoms with Gasteiger partial charge in [-0.25, -0.2) is 13.1 Å². The summed E-state index contributed by atoms with van der Waals surface area (Å²) in [6, 6.07) is 0.931. The molecule has 100 valence electrons. The molecule has 0 radical (unpaired) electrons. The molecule has 0 aromatic heterocycles. The molecule has 2 saturated carbocycles. The van der Waals surface area contributed by atoms with E-state index in [0.29, 0.717) is 5.92 Å². The molecule has 2 N–H and O–H groups in total. The van der Waals surface area contributed by atoms with Gasteiger partial charge in [-0.1, -0.05) is 6.92 Å². The van der Waals surface area contributed by atoms with E-state index in [0.717, 1.165) is 38.3 Å². The van der Waals surface area contributed by atoms with Crippen molar-refractivity contribution >= 4 is 10.0 Å². The Morgan fingerprint density at radius 3 is 2.41 bits per heavy atom. The van der Waals surface area contributed by atoms with Crippen molar-refractivity contribution in [2.24, 2.45) is 5.92 Å². The molecule has 0 aliphatic heterocycles. The summed E-state index contributed by atoms with van der Waals surface area (Å²) in [6.45, 7) is 3.12. The first-order valence-electron chi connectivity index (χ1n) is 6.78. The lowest BCUT2D eigenvalue weighted by Gasteiger charge is -2.32. The lowest BCUT2D eigenvalue weighted by Crippen LogP contribution is -2.44. The van der Waals surface area contributed by atoms with Crippen LogP contribution in [0.3, 0.4) is 0 Å². The van der Waals surface area contributed by atoms with Crippen molar-refractivity contribution in [2.45, 2.75) is 57.5 Å². The monoisotopic (exact) mass is 260 g/mol. The molecule has 5 heteroatoms. The van der Waals surface area contributed by atoms with Gasteiger partial charge in [-0.3, -0.25) is 0 Å². The van der Waals surface area contributed by atoms with E-state index in [1.807, 2.05) is 0 Å². The predicted octanol–water partition coefficient (Wildman–Crippen LogP) is 1.24.